The molecule has 4 rings (SSSR count). The molecule has 0 unspecified atom stereocenters. The van der Waals surface area contributed by atoms with Crippen LogP contribution >= 0.6 is 11.8 Å². The van der Waals surface area contributed by atoms with E-state index in [-0.39, 0.29) is 30.1 Å². The lowest BCUT2D eigenvalue weighted by Gasteiger charge is -2.17. The summed E-state index contributed by atoms with van der Waals surface area (Å²) in [6.45, 7) is 0. The lowest BCUT2D eigenvalue weighted by Crippen LogP contribution is -2.36. The molecule has 29 heavy (non-hydrogen) atoms. The summed E-state index contributed by atoms with van der Waals surface area (Å²) in [5.74, 6) is 2.52. The number of hydrogen-bond acceptors (Lipinski definition) is 5. The van der Waals surface area contributed by atoms with Crippen molar-refractivity contribution in [3.05, 3.63) is 23.3 Å². The van der Waals surface area contributed by atoms with Crippen molar-refractivity contribution in [2.24, 2.45) is 0 Å². The van der Waals surface area contributed by atoms with Gasteiger partial charge < -0.3 is 25.4 Å². The maximum atomic E-state index is 12.5. The van der Waals surface area contributed by atoms with Crippen LogP contribution in [-0.4, -0.2) is 49.2 Å². The lowest BCUT2D eigenvalue weighted by molar-refractivity contribution is -0.122. The van der Waals surface area contributed by atoms with Gasteiger partial charge in [-0.25, -0.2) is 4.79 Å². The first-order chi connectivity index (χ1) is 14.1. The van der Waals surface area contributed by atoms with Gasteiger partial charge in [-0.1, -0.05) is 6.42 Å². The molecule has 0 spiro atoms. The average Bonchev–Trinajstić information content (AvgIpc) is 3.39. The molecule has 4 atom stereocenters. The standard InChI is InChI=1S/C21H29N3O4S/c1-27-16-9-12-7-8-14(13(12)10-17(16)28-2)22-19(25)6-4-3-5-18-20-15(11-29-18)23-21(26)24-20/h9-10,14-15,18,20H,3-8,11H2,1-2H3,(H,22,25)(H2,23,24,26)/t14-,15+,18-,20+/m1/s1. The number of thioether (sulfide) groups is 1. The minimum absolute atomic E-state index is 0.0447. The van der Waals surface area contributed by atoms with Crippen molar-refractivity contribution in [1.29, 1.82) is 0 Å². The third kappa shape index (κ3) is 4.27. The number of amides is 3. The Bertz CT molecular complexity index is 787. The second-order valence-electron chi connectivity index (χ2n) is 7.93. The monoisotopic (exact) mass is 419 g/mol. The van der Waals surface area contributed by atoms with Crippen molar-refractivity contribution in [2.75, 3.05) is 20.0 Å². The molecule has 0 aromatic heterocycles. The summed E-state index contributed by atoms with van der Waals surface area (Å²) in [4.78, 5) is 23.9. The Morgan fingerprint density at radius 2 is 2.00 bits per heavy atom. The van der Waals surface area contributed by atoms with Crippen LogP contribution in [0.1, 0.15) is 49.3 Å². The van der Waals surface area contributed by atoms with E-state index >= 15 is 0 Å². The normalized spacial score (nSPS) is 27.0. The molecular weight excluding hydrogens is 390 g/mol. The van der Waals surface area contributed by atoms with Crippen LogP contribution in [0.5, 0.6) is 11.5 Å². The van der Waals surface area contributed by atoms with E-state index in [9.17, 15) is 9.59 Å². The number of aryl methyl sites for hydroxylation is 1. The highest BCUT2D eigenvalue weighted by molar-refractivity contribution is 8.00. The van der Waals surface area contributed by atoms with Gasteiger partial charge in [0, 0.05) is 17.4 Å². The first kappa shape index (κ1) is 20.2. The van der Waals surface area contributed by atoms with Gasteiger partial charge in [0.05, 0.1) is 32.3 Å². The van der Waals surface area contributed by atoms with E-state index in [0.717, 1.165) is 49.2 Å². The average molecular weight is 420 g/mol. The molecule has 1 aromatic carbocycles. The van der Waals surface area contributed by atoms with Crippen molar-refractivity contribution >= 4 is 23.7 Å². The number of ether oxygens (including phenoxy) is 2. The number of carbonyl (C=O) groups is 2. The summed E-state index contributed by atoms with van der Waals surface area (Å²) >= 11 is 1.92. The van der Waals surface area contributed by atoms with Gasteiger partial charge in [0.25, 0.3) is 0 Å². The Balaban J connectivity index is 1.23. The van der Waals surface area contributed by atoms with Gasteiger partial charge in [0.1, 0.15) is 0 Å². The summed E-state index contributed by atoms with van der Waals surface area (Å²) in [7, 11) is 3.27. The predicted molar refractivity (Wildman–Crippen MR) is 113 cm³/mol. The second-order valence-corrected chi connectivity index (χ2v) is 9.20. The van der Waals surface area contributed by atoms with Gasteiger partial charge in [-0.3, -0.25) is 4.79 Å². The summed E-state index contributed by atoms with van der Waals surface area (Å²) in [6.07, 6.45) is 5.27. The smallest absolute Gasteiger partial charge is 0.315 e. The number of benzene rings is 1. The zero-order chi connectivity index (χ0) is 20.4. The first-order valence-corrected chi connectivity index (χ1v) is 11.4. The second kappa shape index (κ2) is 8.73. The quantitative estimate of drug-likeness (QED) is 0.445. The maximum absolute atomic E-state index is 12.5. The molecule has 0 radical (unpaired) electrons. The number of nitrogens with one attached hydrogen (secondary N) is 3. The maximum Gasteiger partial charge on any atom is 0.315 e. The van der Waals surface area contributed by atoms with E-state index in [1.165, 1.54) is 5.56 Å². The van der Waals surface area contributed by atoms with Gasteiger partial charge in [0.15, 0.2) is 11.5 Å². The molecule has 2 saturated heterocycles. The van der Waals surface area contributed by atoms with Crippen LogP contribution in [0, 0.1) is 0 Å². The number of fused-ring (bicyclic) bond motifs is 2. The van der Waals surface area contributed by atoms with Gasteiger partial charge in [-0.05, 0) is 48.9 Å². The Morgan fingerprint density at radius 1 is 1.21 bits per heavy atom. The number of carbonyl (C=O) groups excluding carboxylic acids is 2. The van der Waals surface area contributed by atoms with Crippen LogP contribution in [0.2, 0.25) is 0 Å². The Labute approximate surface area is 175 Å². The van der Waals surface area contributed by atoms with E-state index in [2.05, 4.69) is 16.0 Å². The molecule has 8 heteroatoms. The van der Waals surface area contributed by atoms with Gasteiger partial charge in [-0.15, -0.1) is 0 Å². The van der Waals surface area contributed by atoms with E-state index in [0.29, 0.717) is 17.4 Å². The lowest BCUT2D eigenvalue weighted by atomic mass is 10.0. The third-order valence-corrected chi connectivity index (χ3v) is 7.65. The Kier molecular flexibility index (Phi) is 6.08. The predicted octanol–water partition coefficient (Wildman–Crippen LogP) is 2.53. The van der Waals surface area contributed by atoms with E-state index in [4.69, 9.17) is 9.47 Å². The molecule has 2 heterocycles. The molecule has 3 amide bonds. The zero-order valence-corrected chi connectivity index (χ0v) is 17.8. The molecular formula is C21H29N3O4S. The van der Waals surface area contributed by atoms with Crippen LogP contribution < -0.4 is 25.4 Å². The van der Waals surface area contributed by atoms with Crippen LogP contribution in [0.4, 0.5) is 4.79 Å². The van der Waals surface area contributed by atoms with Crippen molar-refractivity contribution in [3.8, 4) is 11.5 Å². The van der Waals surface area contributed by atoms with E-state index in [1.54, 1.807) is 14.2 Å². The van der Waals surface area contributed by atoms with E-state index < -0.39 is 0 Å². The molecule has 1 aliphatic carbocycles. The molecule has 3 N–H and O–H groups in total. The SMILES string of the molecule is COc1cc2c(cc1OC)[C@H](NC(=O)CCCC[C@H]1SC[C@@H]3NC(=O)N[C@@H]31)CC2. The topological polar surface area (TPSA) is 88.7 Å². The van der Waals surface area contributed by atoms with Crippen molar-refractivity contribution in [3.63, 3.8) is 0 Å². The third-order valence-electron chi connectivity index (χ3n) is 6.14. The fourth-order valence-electron chi connectivity index (χ4n) is 4.62. The number of rotatable bonds is 8. The highest BCUT2D eigenvalue weighted by Gasteiger charge is 2.42. The summed E-state index contributed by atoms with van der Waals surface area (Å²) in [5.41, 5.74) is 2.35. The molecule has 2 aliphatic heterocycles. The van der Waals surface area contributed by atoms with Gasteiger partial charge >= 0.3 is 6.03 Å². The first-order valence-electron chi connectivity index (χ1n) is 10.3. The zero-order valence-electron chi connectivity index (χ0n) is 17.0. The van der Waals surface area contributed by atoms with Crippen LogP contribution in [0.25, 0.3) is 0 Å². The molecule has 7 nitrogen and oxygen atoms in total. The molecule has 1 aromatic rings. The molecule has 0 bridgehead atoms. The van der Waals surface area contributed by atoms with E-state index in [1.807, 2.05) is 23.9 Å². The summed E-state index contributed by atoms with van der Waals surface area (Å²) < 4.78 is 10.8. The number of urea groups is 1. The fraction of sp³-hybridized carbons (Fsp3) is 0.619. The van der Waals surface area contributed by atoms with Crippen molar-refractivity contribution in [2.45, 2.75) is 61.9 Å². The van der Waals surface area contributed by atoms with Gasteiger partial charge in [-0.2, -0.15) is 11.8 Å². The molecule has 3 aliphatic rings. The largest absolute Gasteiger partial charge is 0.493 e. The van der Waals surface area contributed by atoms with Crippen molar-refractivity contribution in [1.82, 2.24) is 16.0 Å². The molecule has 2 fully saturated rings. The Morgan fingerprint density at radius 3 is 2.79 bits per heavy atom. The number of methoxy groups -OCH3 is 2. The molecule has 0 saturated carbocycles. The molecule has 158 valence electrons. The number of unbranched alkanes of at least 4 members (excludes halogenated alkanes) is 1. The van der Waals surface area contributed by atoms with Crippen LogP contribution in [0.3, 0.4) is 0 Å². The number of hydrogen-bond donors (Lipinski definition) is 3. The summed E-state index contributed by atoms with van der Waals surface area (Å²) in [6, 6.07) is 4.51. The highest BCUT2D eigenvalue weighted by Crippen LogP contribution is 2.39. The van der Waals surface area contributed by atoms with Gasteiger partial charge in [0.2, 0.25) is 5.91 Å². The van der Waals surface area contributed by atoms with Crippen LogP contribution in [0.15, 0.2) is 12.1 Å². The minimum atomic E-state index is -0.0456. The minimum Gasteiger partial charge on any atom is -0.493 e. The Hall–Kier alpha value is -2.09. The van der Waals surface area contributed by atoms with Crippen LogP contribution in [-0.2, 0) is 11.2 Å². The highest BCUT2D eigenvalue weighted by atomic mass is 32.2. The van der Waals surface area contributed by atoms with Crippen molar-refractivity contribution < 1.29 is 19.1 Å². The fourth-order valence-corrected chi connectivity index (χ4v) is 6.17. The summed E-state index contributed by atoms with van der Waals surface area (Å²) in [5, 5.41) is 9.63.